The van der Waals surface area contributed by atoms with Crippen LogP contribution in [0.2, 0.25) is 0 Å². The number of hydrogen-bond donors (Lipinski definition) is 2. The van der Waals surface area contributed by atoms with E-state index in [1.165, 1.54) is 5.56 Å². The second-order valence-electron chi connectivity index (χ2n) is 6.99. The molecule has 1 aliphatic rings. The average molecular weight is 421 g/mol. The zero-order valence-corrected chi connectivity index (χ0v) is 18.5. The first kappa shape index (κ1) is 24.0. The molecule has 0 radical (unpaired) electrons. The van der Waals surface area contributed by atoms with Crippen LogP contribution in [0.1, 0.15) is 38.3 Å². The van der Waals surface area contributed by atoms with E-state index in [9.17, 15) is 4.79 Å². The molecule has 0 amide bonds. The van der Waals surface area contributed by atoms with E-state index in [-0.39, 0.29) is 12.0 Å². The zero-order valence-electron chi connectivity index (χ0n) is 18.5. The molecule has 0 spiro atoms. The van der Waals surface area contributed by atoms with Crippen LogP contribution in [0.4, 0.5) is 0 Å². The van der Waals surface area contributed by atoms with Gasteiger partial charge in [0, 0.05) is 32.6 Å². The third-order valence-corrected chi connectivity index (χ3v) is 4.91. The summed E-state index contributed by atoms with van der Waals surface area (Å²) in [4.78, 5) is 18.7. The van der Waals surface area contributed by atoms with Crippen LogP contribution in [-0.4, -0.2) is 76.5 Å². The molecule has 8 heteroatoms. The average Bonchev–Trinajstić information content (AvgIpc) is 2.78. The number of ether oxygens (including phenoxy) is 3. The largest absolute Gasteiger partial charge is 0.497 e. The predicted octanol–water partition coefficient (Wildman–Crippen LogP) is 1.97. The fraction of sp³-hybridized carbons (Fsp3) is 0.636. The van der Waals surface area contributed by atoms with Crippen molar-refractivity contribution in [1.82, 2.24) is 15.5 Å². The Kier molecular flexibility index (Phi) is 11.0. The maximum atomic E-state index is 11.5. The molecule has 30 heavy (non-hydrogen) atoms. The first-order valence-corrected chi connectivity index (χ1v) is 10.8. The van der Waals surface area contributed by atoms with Crippen molar-refractivity contribution in [3.8, 4) is 5.75 Å². The Hall–Kier alpha value is -2.32. The molecule has 168 valence electrons. The predicted molar refractivity (Wildman–Crippen MR) is 118 cm³/mol. The fourth-order valence-electron chi connectivity index (χ4n) is 3.34. The third kappa shape index (κ3) is 8.20. The molecule has 0 saturated carbocycles. The third-order valence-electron chi connectivity index (χ3n) is 4.91. The van der Waals surface area contributed by atoms with Crippen molar-refractivity contribution in [1.29, 1.82) is 0 Å². The van der Waals surface area contributed by atoms with E-state index in [4.69, 9.17) is 19.2 Å². The van der Waals surface area contributed by atoms with Crippen LogP contribution in [0, 0.1) is 0 Å². The van der Waals surface area contributed by atoms with Crippen molar-refractivity contribution >= 4 is 11.9 Å². The minimum Gasteiger partial charge on any atom is -0.497 e. The first-order valence-electron chi connectivity index (χ1n) is 10.8. The first-order chi connectivity index (χ1) is 14.7. The maximum Gasteiger partial charge on any atom is 0.305 e. The molecule has 2 N–H and O–H groups in total. The smallest absolute Gasteiger partial charge is 0.305 e. The molecule has 1 heterocycles. The van der Waals surface area contributed by atoms with Crippen molar-refractivity contribution in [3.63, 3.8) is 0 Å². The number of guanidine groups is 1. The van der Waals surface area contributed by atoms with Gasteiger partial charge in [0.25, 0.3) is 0 Å². The van der Waals surface area contributed by atoms with Crippen molar-refractivity contribution in [2.45, 2.75) is 32.7 Å². The van der Waals surface area contributed by atoms with E-state index < -0.39 is 0 Å². The van der Waals surface area contributed by atoms with Gasteiger partial charge in [0.15, 0.2) is 5.96 Å². The monoisotopic (exact) mass is 420 g/mol. The maximum absolute atomic E-state index is 11.5. The van der Waals surface area contributed by atoms with Crippen LogP contribution >= 0.6 is 0 Å². The van der Waals surface area contributed by atoms with E-state index >= 15 is 0 Å². The van der Waals surface area contributed by atoms with Gasteiger partial charge in [-0.05, 0) is 38.0 Å². The van der Waals surface area contributed by atoms with Gasteiger partial charge in [-0.15, -0.1) is 0 Å². The van der Waals surface area contributed by atoms with Crippen LogP contribution in [0.3, 0.4) is 0 Å². The Balaban J connectivity index is 2.01. The molecule has 1 unspecified atom stereocenters. The van der Waals surface area contributed by atoms with Crippen molar-refractivity contribution < 1.29 is 19.0 Å². The second-order valence-corrected chi connectivity index (χ2v) is 6.99. The standard InChI is InChI=1S/C22H36N4O4/c1-4-23-22(24-12-6-7-21(27)30-5-2)25-17-20(26-13-15-29-16-14-26)18-8-10-19(28-3)11-9-18/h8-11,20H,4-7,12-17H2,1-3H3,(H2,23,24,25). The number of rotatable bonds is 11. The molecule has 1 atom stereocenters. The highest BCUT2D eigenvalue weighted by Crippen LogP contribution is 2.24. The molecule has 1 aliphatic heterocycles. The van der Waals surface area contributed by atoms with Crippen LogP contribution in [0.25, 0.3) is 0 Å². The molecule has 1 fully saturated rings. The Labute approximate surface area is 180 Å². The van der Waals surface area contributed by atoms with Crippen molar-refractivity contribution in [2.75, 3.05) is 59.7 Å². The Morgan fingerprint density at radius 2 is 1.93 bits per heavy atom. The van der Waals surface area contributed by atoms with Gasteiger partial charge in [0.2, 0.25) is 0 Å². The lowest BCUT2D eigenvalue weighted by atomic mass is 10.0. The lowest BCUT2D eigenvalue weighted by Crippen LogP contribution is -2.42. The minimum atomic E-state index is -0.159. The summed E-state index contributed by atoms with van der Waals surface area (Å²) in [5.41, 5.74) is 1.21. The van der Waals surface area contributed by atoms with Crippen LogP contribution in [0.15, 0.2) is 29.3 Å². The number of carbonyl (C=O) groups is 1. The van der Waals surface area contributed by atoms with Crippen LogP contribution in [-0.2, 0) is 14.3 Å². The summed E-state index contributed by atoms with van der Waals surface area (Å²) >= 11 is 0. The molecule has 1 aromatic carbocycles. The van der Waals surface area contributed by atoms with Gasteiger partial charge >= 0.3 is 5.97 Å². The summed E-state index contributed by atoms with van der Waals surface area (Å²) in [5.74, 6) is 1.45. The van der Waals surface area contributed by atoms with Crippen LogP contribution in [0.5, 0.6) is 5.75 Å². The SMILES string of the molecule is CCNC(=NCC(c1ccc(OC)cc1)N1CCOCC1)NCCCC(=O)OCC. The summed E-state index contributed by atoms with van der Waals surface area (Å²) in [6.07, 6.45) is 1.11. The van der Waals surface area contributed by atoms with Gasteiger partial charge in [-0.2, -0.15) is 0 Å². The van der Waals surface area contributed by atoms with Gasteiger partial charge in [0.1, 0.15) is 5.75 Å². The lowest BCUT2D eigenvalue weighted by Gasteiger charge is -2.34. The van der Waals surface area contributed by atoms with E-state index in [0.717, 1.165) is 44.6 Å². The van der Waals surface area contributed by atoms with Gasteiger partial charge in [0.05, 0.1) is 39.5 Å². The summed E-state index contributed by atoms with van der Waals surface area (Å²) in [6, 6.07) is 8.36. The van der Waals surface area contributed by atoms with Gasteiger partial charge in [-0.1, -0.05) is 12.1 Å². The normalized spacial score (nSPS) is 16.0. The number of aliphatic imine (C=N–C) groups is 1. The molecule has 1 saturated heterocycles. The molecule has 0 aromatic heterocycles. The number of methoxy groups -OCH3 is 1. The number of benzene rings is 1. The van der Waals surface area contributed by atoms with Crippen molar-refractivity contribution in [3.05, 3.63) is 29.8 Å². The van der Waals surface area contributed by atoms with E-state index in [2.05, 4.69) is 27.7 Å². The highest BCUT2D eigenvalue weighted by atomic mass is 16.5. The van der Waals surface area contributed by atoms with E-state index in [0.29, 0.717) is 32.5 Å². The Bertz CT molecular complexity index is 645. The topological polar surface area (TPSA) is 84.4 Å². The Morgan fingerprint density at radius 1 is 1.20 bits per heavy atom. The second kappa shape index (κ2) is 13.8. The number of morpholine rings is 1. The quantitative estimate of drug-likeness (QED) is 0.245. The fourth-order valence-corrected chi connectivity index (χ4v) is 3.34. The number of carbonyl (C=O) groups excluding carboxylic acids is 1. The van der Waals surface area contributed by atoms with Gasteiger partial charge in [-0.25, -0.2) is 0 Å². The summed E-state index contributed by atoms with van der Waals surface area (Å²) in [7, 11) is 1.68. The van der Waals surface area contributed by atoms with E-state index in [1.54, 1.807) is 7.11 Å². The number of hydrogen-bond acceptors (Lipinski definition) is 6. The summed E-state index contributed by atoms with van der Waals surface area (Å²) in [6.45, 7) is 9.59. The molecule has 0 aliphatic carbocycles. The molecule has 0 bridgehead atoms. The number of esters is 1. The zero-order chi connectivity index (χ0) is 21.6. The minimum absolute atomic E-state index is 0.159. The molecule has 2 rings (SSSR count). The highest BCUT2D eigenvalue weighted by Gasteiger charge is 2.22. The Morgan fingerprint density at radius 3 is 2.57 bits per heavy atom. The molecule has 8 nitrogen and oxygen atoms in total. The van der Waals surface area contributed by atoms with Crippen LogP contribution < -0.4 is 15.4 Å². The van der Waals surface area contributed by atoms with Gasteiger partial charge in [-0.3, -0.25) is 14.7 Å². The molecule has 1 aromatic rings. The summed E-state index contributed by atoms with van der Waals surface area (Å²) < 4.78 is 15.8. The lowest BCUT2D eigenvalue weighted by molar-refractivity contribution is -0.143. The number of nitrogens with zero attached hydrogens (tertiary/aromatic N) is 2. The van der Waals surface area contributed by atoms with Gasteiger partial charge < -0.3 is 24.8 Å². The molecular weight excluding hydrogens is 384 g/mol. The highest BCUT2D eigenvalue weighted by molar-refractivity contribution is 5.79. The summed E-state index contributed by atoms with van der Waals surface area (Å²) in [5, 5.41) is 6.60. The number of nitrogens with one attached hydrogen (secondary N) is 2. The van der Waals surface area contributed by atoms with E-state index in [1.807, 2.05) is 26.0 Å². The van der Waals surface area contributed by atoms with Crippen molar-refractivity contribution in [2.24, 2.45) is 4.99 Å². The molecular formula is C22H36N4O4.